The third-order valence-corrected chi connectivity index (χ3v) is 4.44. The summed E-state index contributed by atoms with van der Waals surface area (Å²) in [6.07, 6.45) is 0.845. The normalized spacial score (nSPS) is 10.5. The molecule has 3 rings (SSSR count). The van der Waals surface area contributed by atoms with E-state index in [0.717, 1.165) is 16.9 Å². The van der Waals surface area contributed by atoms with Gasteiger partial charge in [-0.2, -0.15) is 0 Å². The smallest absolute Gasteiger partial charge is 0.345 e. The molecule has 0 atom stereocenters. The van der Waals surface area contributed by atoms with E-state index in [-0.39, 0.29) is 0 Å². The Kier molecular flexibility index (Phi) is 3.84. The molecule has 2 nitrogen and oxygen atoms in total. The highest BCUT2D eigenvalue weighted by Crippen LogP contribution is 2.31. The molecule has 1 heterocycles. The molecular weight excluding hydrogens is 280 g/mol. The van der Waals surface area contributed by atoms with Gasteiger partial charge in [-0.3, -0.25) is 0 Å². The number of thiophene rings is 1. The quantitative estimate of drug-likeness (QED) is 0.757. The highest BCUT2D eigenvalue weighted by molar-refractivity contribution is 7.17. The molecule has 3 heteroatoms. The minimum absolute atomic E-state index is 0.375. The van der Waals surface area contributed by atoms with Crippen molar-refractivity contribution in [3.05, 3.63) is 82.7 Å². The predicted molar refractivity (Wildman–Crippen MR) is 86.0 cm³/mol. The standard InChI is InChI=1S/C18H14O2S/c19-18(20)17-11-10-16(21-17)15-9-5-4-8-14(15)12-13-6-2-1-3-7-13/h1-11H,12H2,(H,19,20). The first-order chi connectivity index (χ1) is 10.2. The summed E-state index contributed by atoms with van der Waals surface area (Å²) in [5.41, 5.74) is 3.57. The zero-order valence-electron chi connectivity index (χ0n) is 11.3. The molecule has 104 valence electrons. The number of carboxylic acids is 1. The Labute approximate surface area is 127 Å². The van der Waals surface area contributed by atoms with Gasteiger partial charge in [0.05, 0.1) is 0 Å². The highest BCUT2D eigenvalue weighted by atomic mass is 32.1. The molecule has 0 bridgehead atoms. The molecule has 0 fully saturated rings. The van der Waals surface area contributed by atoms with Gasteiger partial charge in [0.1, 0.15) is 4.88 Å². The number of rotatable bonds is 4. The molecule has 1 aromatic heterocycles. The van der Waals surface area contributed by atoms with Gasteiger partial charge in [0.25, 0.3) is 0 Å². The number of carboxylic acid groups (broad SMARTS) is 1. The maximum atomic E-state index is 11.0. The van der Waals surface area contributed by atoms with Crippen LogP contribution in [0.4, 0.5) is 0 Å². The van der Waals surface area contributed by atoms with Crippen LogP contribution in [0, 0.1) is 0 Å². The van der Waals surface area contributed by atoms with E-state index in [1.807, 2.05) is 36.4 Å². The number of benzene rings is 2. The molecule has 21 heavy (non-hydrogen) atoms. The van der Waals surface area contributed by atoms with Gasteiger partial charge in [-0.05, 0) is 35.2 Å². The van der Waals surface area contributed by atoms with E-state index in [1.54, 1.807) is 6.07 Å². The third-order valence-electron chi connectivity index (χ3n) is 3.34. The van der Waals surface area contributed by atoms with E-state index in [4.69, 9.17) is 5.11 Å². The van der Waals surface area contributed by atoms with Gasteiger partial charge in [-0.15, -0.1) is 11.3 Å². The van der Waals surface area contributed by atoms with Crippen LogP contribution in [-0.4, -0.2) is 11.1 Å². The Morgan fingerprint density at radius 2 is 1.62 bits per heavy atom. The second-order valence-electron chi connectivity index (χ2n) is 4.79. The molecule has 0 aliphatic heterocycles. The number of hydrogen-bond acceptors (Lipinski definition) is 2. The lowest BCUT2D eigenvalue weighted by Gasteiger charge is -2.08. The molecule has 0 radical (unpaired) electrons. The van der Waals surface area contributed by atoms with Gasteiger partial charge in [0.15, 0.2) is 0 Å². The maximum Gasteiger partial charge on any atom is 0.345 e. The fourth-order valence-electron chi connectivity index (χ4n) is 2.33. The summed E-state index contributed by atoms with van der Waals surface area (Å²) in [7, 11) is 0. The molecule has 0 aliphatic carbocycles. The molecule has 0 unspecified atom stereocenters. The van der Waals surface area contributed by atoms with Crippen molar-refractivity contribution in [2.75, 3.05) is 0 Å². The molecule has 0 saturated heterocycles. The van der Waals surface area contributed by atoms with Crippen LogP contribution in [0.15, 0.2) is 66.7 Å². The largest absolute Gasteiger partial charge is 0.477 e. The Morgan fingerprint density at radius 1 is 0.905 bits per heavy atom. The van der Waals surface area contributed by atoms with Crippen LogP contribution in [0.25, 0.3) is 10.4 Å². The van der Waals surface area contributed by atoms with Gasteiger partial charge in [-0.25, -0.2) is 4.79 Å². The Balaban J connectivity index is 1.97. The topological polar surface area (TPSA) is 37.3 Å². The average molecular weight is 294 g/mol. The van der Waals surface area contributed by atoms with Crippen molar-refractivity contribution in [3.63, 3.8) is 0 Å². The third kappa shape index (κ3) is 3.03. The fourth-order valence-corrected chi connectivity index (χ4v) is 3.23. The summed E-state index contributed by atoms with van der Waals surface area (Å²) < 4.78 is 0. The van der Waals surface area contributed by atoms with E-state index in [0.29, 0.717) is 4.88 Å². The first kappa shape index (κ1) is 13.6. The highest BCUT2D eigenvalue weighted by Gasteiger charge is 2.11. The van der Waals surface area contributed by atoms with Crippen LogP contribution < -0.4 is 0 Å². The lowest BCUT2D eigenvalue weighted by molar-refractivity contribution is 0.0702. The van der Waals surface area contributed by atoms with Crippen LogP contribution in [0.2, 0.25) is 0 Å². The van der Waals surface area contributed by atoms with Gasteiger partial charge in [0.2, 0.25) is 0 Å². The predicted octanol–water partition coefficient (Wildman–Crippen LogP) is 4.70. The summed E-state index contributed by atoms with van der Waals surface area (Å²) in [6.45, 7) is 0. The summed E-state index contributed by atoms with van der Waals surface area (Å²) in [5.74, 6) is -0.869. The van der Waals surface area contributed by atoms with Crippen molar-refractivity contribution in [1.82, 2.24) is 0 Å². The first-order valence-corrected chi connectivity index (χ1v) is 7.51. The molecular formula is C18H14O2S. The van der Waals surface area contributed by atoms with Crippen molar-refractivity contribution >= 4 is 17.3 Å². The van der Waals surface area contributed by atoms with Crippen molar-refractivity contribution in [3.8, 4) is 10.4 Å². The van der Waals surface area contributed by atoms with Gasteiger partial charge in [0, 0.05) is 4.88 Å². The van der Waals surface area contributed by atoms with Crippen LogP contribution in [0.3, 0.4) is 0 Å². The number of hydrogen-bond donors (Lipinski definition) is 1. The van der Waals surface area contributed by atoms with Crippen LogP contribution in [0.5, 0.6) is 0 Å². The van der Waals surface area contributed by atoms with Gasteiger partial charge in [-0.1, -0.05) is 54.6 Å². The maximum absolute atomic E-state index is 11.0. The van der Waals surface area contributed by atoms with E-state index >= 15 is 0 Å². The van der Waals surface area contributed by atoms with Crippen molar-refractivity contribution in [1.29, 1.82) is 0 Å². The number of aromatic carboxylic acids is 1. The summed E-state index contributed by atoms with van der Waals surface area (Å²) in [4.78, 5) is 12.4. The molecule has 1 N–H and O–H groups in total. The second kappa shape index (κ2) is 5.94. The SMILES string of the molecule is O=C(O)c1ccc(-c2ccccc2Cc2ccccc2)s1. The molecule has 3 aromatic rings. The second-order valence-corrected chi connectivity index (χ2v) is 5.87. The van der Waals surface area contributed by atoms with E-state index < -0.39 is 5.97 Å². The fraction of sp³-hybridized carbons (Fsp3) is 0.0556. The van der Waals surface area contributed by atoms with Crippen molar-refractivity contribution < 1.29 is 9.90 Å². The molecule has 2 aromatic carbocycles. The van der Waals surface area contributed by atoms with Crippen LogP contribution >= 0.6 is 11.3 Å². The lowest BCUT2D eigenvalue weighted by Crippen LogP contribution is -1.91. The molecule has 0 aliphatic rings. The van der Waals surface area contributed by atoms with Crippen LogP contribution in [0.1, 0.15) is 20.8 Å². The van der Waals surface area contributed by atoms with E-state index in [1.165, 1.54) is 22.5 Å². The molecule has 0 spiro atoms. The minimum Gasteiger partial charge on any atom is -0.477 e. The Morgan fingerprint density at radius 3 is 2.33 bits per heavy atom. The van der Waals surface area contributed by atoms with Crippen LogP contribution in [-0.2, 0) is 6.42 Å². The molecule has 0 amide bonds. The zero-order chi connectivity index (χ0) is 14.7. The minimum atomic E-state index is -0.869. The number of carbonyl (C=O) groups is 1. The Hall–Kier alpha value is -2.39. The van der Waals surface area contributed by atoms with E-state index in [2.05, 4.69) is 24.3 Å². The van der Waals surface area contributed by atoms with E-state index in [9.17, 15) is 4.79 Å². The first-order valence-electron chi connectivity index (χ1n) is 6.69. The van der Waals surface area contributed by atoms with Gasteiger partial charge < -0.3 is 5.11 Å². The van der Waals surface area contributed by atoms with Gasteiger partial charge >= 0.3 is 5.97 Å². The molecule has 0 saturated carbocycles. The van der Waals surface area contributed by atoms with Crippen molar-refractivity contribution in [2.24, 2.45) is 0 Å². The summed E-state index contributed by atoms with van der Waals surface area (Å²) in [5, 5.41) is 9.06. The summed E-state index contributed by atoms with van der Waals surface area (Å²) in [6, 6.07) is 22.0. The monoisotopic (exact) mass is 294 g/mol. The lowest BCUT2D eigenvalue weighted by atomic mass is 9.99. The summed E-state index contributed by atoms with van der Waals surface area (Å²) >= 11 is 1.32. The van der Waals surface area contributed by atoms with Crippen molar-refractivity contribution in [2.45, 2.75) is 6.42 Å². The Bertz CT molecular complexity index is 760. The zero-order valence-corrected chi connectivity index (χ0v) is 12.1. The average Bonchev–Trinajstić information content (AvgIpc) is 2.99.